The van der Waals surface area contributed by atoms with E-state index in [0.29, 0.717) is 16.8 Å². The third-order valence-corrected chi connectivity index (χ3v) is 3.30. The number of esters is 1. The van der Waals surface area contributed by atoms with Crippen molar-refractivity contribution < 1.29 is 19.2 Å². The molecule has 0 unspecified atom stereocenters. The number of aryl methyl sites for hydroxylation is 1. The lowest BCUT2D eigenvalue weighted by Crippen LogP contribution is -2.10. The van der Waals surface area contributed by atoms with Crippen LogP contribution in [0.15, 0.2) is 42.5 Å². The van der Waals surface area contributed by atoms with Gasteiger partial charge in [0.15, 0.2) is 0 Å². The number of non-ortho nitro benzene ring substituents is 1. The first-order valence-electron chi connectivity index (χ1n) is 7.15. The third kappa shape index (κ3) is 4.39. The Hall–Kier alpha value is -3.22. The molecular weight excluding hydrogens is 312 g/mol. The van der Waals surface area contributed by atoms with Crippen molar-refractivity contribution in [2.24, 2.45) is 0 Å². The van der Waals surface area contributed by atoms with E-state index in [2.05, 4.69) is 5.32 Å². The van der Waals surface area contributed by atoms with Crippen molar-refractivity contribution in [1.29, 1.82) is 0 Å². The van der Waals surface area contributed by atoms with Crippen LogP contribution in [0.2, 0.25) is 0 Å². The summed E-state index contributed by atoms with van der Waals surface area (Å²) in [4.78, 5) is 33.4. The molecule has 2 aromatic carbocycles. The zero-order chi connectivity index (χ0) is 17.7. The standard InChI is InChI=1S/C17H16N2O5/c1-11-3-6-14(9-16(11)18-12(2)20)17(21)24-10-13-4-7-15(8-5-13)19(22)23/h3-9H,10H2,1-2H3,(H,18,20). The number of benzene rings is 2. The maximum absolute atomic E-state index is 12.1. The first-order chi connectivity index (χ1) is 11.4. The Bertz CT molecular complexity index is 784. The molecule has 2 aromatic rings. The summed E-state index contributed by atoms with van der Waals surface area (Å²) in [5.74, 6) is -0.769. The van der Waals surface area contributed by atoms with Gasteiger partial charge in [0.1, 0.15) is 6.61 Å². The minimum Gasteiger partial charge on any atom is -0.457 e. The molecule has 2 rings (SSSR count). The van der Waals surface area contributed by atoms with Crippen LogP contribution in [0.1, 0.15) is 28.4 Å². The van der Waals surface area contributed by atoms with Gasteiger partial charge in [0.05, 0.1) is 10.5 Å². The highest BCUT2D eigenvalue weighted by atomic mass is 16.6. The quantitative estimate of drug-likeness (QED) is 0.516. The Balaban J connectivity index is 2.04. The van der Waals surface area contributed by atoms with Gasteiger partial charge in [0.2, 0.25) is 5.91 Å². The second-order valence-corrected chi connectivity index (χ2v) is 5.21. The molecule has 124 valence electrons. The van der Waals surface area contributed by atoms with Crippen LogP contribution in [-0.4, -0.2) is 16.8 Å². The number of ether oxygens (including phenoxy) is 1. The number of carbonyl (C=O) groups excluding carboxylic acids is 2. The highest BCUT2D eigenvalue weighted by molar-refractivity contribution is 5.94. The Morgan fingerprint density at radius 3 is 2.42 bits per heavy atom. The number of carbonyl (C=O) groups is 2. The van der Waals surface area contributed by atoms with Crippen LogP contribution in [0.5, 0.6) is 0 Å². The second kappa shape index (κ2) is 7.36. The number of rotatable bonds is 5. The average Bonchev–Trinajstić information content (AvgIpc) is 2.54. The fourth-order valence-corrected chi connectivity index (χ4v) is 2.02. The second-order valence-electron chi connectivity index (χ2n) is 5.21. The van der Waals surface area contributed by atoms with Crippen LogP contribution in [0, 0.1) is 17.0 Å². The minimum absolute atomic E-state index is 0.000173. The Kier molecular flexibility index (Phi) is 5.26. The Morgan fingerprint density at radius 1 is 1.17 bits per heavy atom. The van der Waals surface area contributed by atoms with Gasteiger partial charge in [-0.25, -0.2) is 4.79 Å². The van der Waals surface area contributed by atoms with Crippen molar-refractivity contribution in [3.8, 4) is 0 Å². The molecule has 1 amide bonds. The lowest BCUT2D eigenvalue weighted by atomic mass is 10.1. The summed E-state index contributed by atoms with van der Waals surface area (Å²) in [6.45, 7) is 3.20. The van der Waals surface area contributed by atoms with Crippen molar-refractivity contribution in [3.05, 3.63) is 69.3 Å². The van der Waals surface area contributed by atoms with E-state index in [9.17, 15) is 19.7 Å². The predicted octanol–water partition coefficient (Wildman–Crippen LogP) is 3.22. The molecule has 0 bridgehead atoms. The summed E-state index contributed by atoms with van der Waals surface area (Å²) in [6.07, 6.45) is 0. The van der Waals surface area contributed by atoms with Crippen molar-refractivity contribution in [1.82, 2.24) is 0 Å². The smallest absolute Gasteiger partial charge is 0.338 e. The SMILES string of the molecule is CC(=O)Nc1cc(C(=O)OCc2ccc([N+](=O)[O-])cc2)ccc1C. The summed E-state index contributed by atoms with van der Waals surface area (Å²) < 4.78 is 5.19. The molecule has 0 spiro atoms. The summed E-state index contributed by atoms with van der Waals surface area (Å²) in [5, 5.41) is 13.2. The van der Waals surface area contributed by atoms with Crippen molar-refractivity contribution in [3.63, 3.8) is 0 Å². The fourth-order valence-electron chi connectivity index (χ4n) is 2.02. The van der Waals surface area contributed by atoms with E-state index in [-0.39, 0.29) is 18.2 Å². The minimum atomic E-state index is -0.542. The van der Waals surface area contributed by atoms with Gasteiger partial charge in [-0.2, -0.15) is 0 Å². The van der Waals surface area contributed by atoms with E-state index < -0.39 is 10.9 Å². The van der Waals surface area contributed by atoms with Crippen molar-refractivity contribution in [2.75, 3.05) is 5.32 Å². The number of nitrogens with one attached hydrogen (secondary N) is 1. The molecule has 0 aliphatic rings. The molecule has 0 aromatic heterocycles. The van der Waals surface area contributed by atoms with Gasteiger partial charge in [-0.15, -0.1) is 0 Å². The molecule has 1 N–H and O–H groups in total. The van der Waals surface area contributed by atoms with E-state index in [4.69, 9.17) is 4.74 Å². The molecule has 0 saturated heterocycles. The number of nitro groups is 1. The summed E-state index contributed by atoms with van der Waals surface area (Å²) in [6, 6.07) is 10.6. The fraction of sp³-hybridized carbons (Fsp3) is 0.176. The summed E-state index contributed by atoms with van der Waals surface area (Å²) in [7, 11) is 0. The normalized spacial score (nSPS) is 10.1. The van der Waals surface area contributed by atoms with E-state index in [1.165, 1.54) is 31.2 Å². The molecule has 0 radical (unpaired) electrons. The van der Waals surface area contributed by atoms with Crippen LogP contribution >= 0.6 is 0 Å². The van der Waals surface area contributed by atoms with Gasteiger partial charge in [0.25, 0.3) is 5.69 Å². The molecule has 0 fully saturated rings. The van der Waals surface area contributed by atoms with Gasteiger partial charge >= 0.3 is 5.97 Å². The molecule has 7 heteroatoms. The Labute approximate surface area is 138 Å². The molecular formula is C17H16N2O5. The van der Waals surface area contributed by atoms with Crippen LogP contribution in [-0.2, 0) is 16.1 Å². The highest BCUT2D eigenvalue weighted by Gasteiger charge is 2.11. The number of nitrogens with zero attached hydrogens (tertiary/aromatic N) is 1. The lowest BCUT2D eigenvalue weighted by Gasteiger charge is -2.09. The van der Waals surface area contributed by atoms with Gasteiger partial charge < -0.3 is 10.1 Å². The van der Waals surface area contributed by atoms with Crippen LogP contribution in [0.25, 0.3) is 0 Å². The number of hydrogen-bond acceptors (Lipinski definition) is 5. The molecule has 0 aliphatic carbocycles. The van der Waals surface area contributed by atoms with Gasteiger partial charge in [-0.05, 0) is 42.3 Å². The number of amides is 1. The van der Waals surface area contributed by atoms with E-state index in [1.54, 1.807) is 18.2 Å². The maximum atomic E-state index is 12.1. The number of hydrogen-bond donors (Lipinski definition) is 1. The first kappa shape index (κ1) is 17.1. The topological polar surface area (TPSA) is 98.5 Å². The number of anilines is 1. The third-order valence-electron chi connectivity index (χ3n) is 3.30. The zero-order valence-corrected chi connectivity index (χ0v) is 13.2. The van der Waals surface area contributed by atoms with Gasteiger partial charge in [0, 0.05) is 24.7 Å². The summed E-state index contributed by atoms with van der Waals surface area (Å²) in [5.41, 5.74) is 2.31. The largest absolute Gasteiger partial charge is 0.457 e. The molecule has 0 aliphatic heterocycles. The van der Waals surface area contributed by atoms with Crippen molar-refractivity contribution in [2.45, 2.75) is 20.5 Å². The average molecular weight is 328 g/mol. The van der Waals surface area contributed by atoms with Gasteiger partial charge in [-0.1, -0.05) is 6.07 Å². The molecule has 24 heavy (non-hydrogen) atoms. The summed E-state index contributed by atoms with van der Waals surface area (Å²) >= 11 is 0. The number of nitro benzene ring substituents is 1. The molecule has 0 atom stereocenters. The monoisotopic (exact) mass is 328 g/mol. The molecule has 0 saturated carbocycles. The van der Waals surface area contributed by atoms with E-state index in [0.717, 1.165) is 5.56 Å². The Morgan fingerprint density at radius 2 is 1.83 bits per heavy atom. The van der Waals surface area contributed by atoms with Crippen LogP contribution < -0.4 is 5.32 Å². The maximum Gasteiger partial charge on any atom is 0.338 e. The van der Waals surface area contributed by atoms with E-state index in [1.807, 2.05) is 6.92 Å². The van der Waals surface area contributed by atoms with Crippen LogP contribution in [0.3, 0.4) is 0 Å². The lowest BCUT2D eigenvalue weighted by molar-refractivity contribution is -0.384. The van der Waals surface area contributed by atoms with Gasteiger partial charge in [-0.3, -0.25) is 14.9 Å². The highest BCUT2D eigenvalue weighted by Crippen LogP contribution is 2.18. The zero-order valence-electron chi connectivity index (χ0n) is 13.2. The predicted molar refractivity (Wildman–Crippen MR) is 87.7 cm³/mol. The van der Waals surface area contributed by atoms with Crippen molar-refractivity contribution >= 4 is 23.3 Å². The molecule has 0 heterocycles. The molecule has 7 nitrogen and oxygen atoms in total. The van der Waals surface area contributed by atoms with E-state index >= 15 is 0 Å². The first-order valence-corrected chi connectivity index (χ1v) is 7.15. The van der Waals surface area contributed by atoms with Crippen LogP contribution in [0.4, 0.5) is 11.4 Å².